The summed E-state index contributed by atoms with van der Waals surface area (Å²) in [7, 11) is 3.30. The third-order valence-corrected chi connectivity index (χ3v) is 3.97. The van der Waals surface area contributed by atoms with E-state index in [0.29, 0.717) is 16.6 Å². The number of hydrogen-bond donors (Lipinski definition) is 0. The van der Waals surface area contributed by atoms with Crippen LogP contribution in [0.3, 0.4) is 0 Å². The number of benzene rings is 1. The zero-order chi connectivity index (χ0) is 18.2. The van der Waals surface area contributed by atoms with Crippen LogP contribution in [0.2, 0.25) is 0 Å². The molecule has 1 amide bonds. The zero-order valence-electron chi connectivity index (χ0n) is 13.7. The van der Waals surface area contributed by atoms with Gasteiger partial charge in [0.25, 0.3) is 0 Å². The maximum atomic E-state index is 13.3. The molecule has 0 aliphatic carbocycles. The summed E-state index contributed by atoms with van der Waals surface area (Å²) in [4.78, 5) is 17.6. The van der Waals surface area contributed by atoms with Crippen molar-refractivity contribution in [3.63, 3.8) is 0 Å². The molecule has 4 nitrogen and oxygen atoms in total. The Morgan fingerprint density at radius 3 is 2.60 bits per heavy atom. The van der Waals surface area contributed by atoms with Gasteiger partial charge in [0.15, 0.2) is 0 Å². The molecule has 0 unspecified atom stereocenters. The molecule has 0 aliphatic heterocycles. The van der Waals surface area contributed by atoms with Crippen LogP contribution in [-0.4, -0.2) is 34.5 Å². The van der Waals surface area contributed by atoms with Crippen molar-refractivity contribution >= 4 is 16.9 Å². The summed E-state index contributed by atoms with van der Waals surface area (Å²) in [5, 5.41) is 0. The fourth-order valence-corrected chi connectivity index (χ4v) is 2.62. The van der Waals surface area contributed by atoms with Crippen LogP contribution in [-0.2, 0) is 17.5 Å². The first-order valence-electron chi connectivity index (χ1n) is 7.59. The number of carbonyl (C=O) groups is 1. The third-order valence-electron chi connectivity index (χ3n) is 3.97. The van der Waals surface area contributed by atoms with Crippen LogP contribution in [0.1, 0.15) is 5.56 Å². The van der Waals surface area contributed by atoms with Gasteiger partial charge in [-0.25, -0.2) is 0 Å². The van der Waals surface area contributed by atoms with E-state index in [-0.39, 0.29) is 18.0 Å². The Labute approximate surface area is 142 Å². The van der Waals surface area contributed by atoms with E-state index >= 15 is 0 Å². The summed E-state index contributed by atoms with van der Waals surface area (Å²) in [6.45, 7) is 0.0998. The number of pyridine rings is 1. The van der Waals surface area contributed by atoms with Gasteiger partial charge in [-0.1, -0.05) is 18.2 Å². The molecular formula is C18H16F3N3O. The molecule has 3 aromatic rings. The fraction of sp³-hybridized carbons (Fsp3) is 0.222. The smallest absolute Gasteiger partial charge is 0.347 e. The number of hydrogen-bond acceptors (Lipinski definition) is 2. The van der Waals surface area contributed by atoms with Crippen molar-refractivity contribution in [2.45, 2.75) is 12.7 Å². The van der Waals surface area contributed by atoms with E-state index in [2.05, 4.69) is 4.98 Å². The molecule has 0 spiro atoms. The van der Waals surface area contributed by atoms with Gasteiger partial charge in [0.1, 0.15) is 6.54 Å². The van der Waals surface area contributed by atoms with Crippen molar-refractivity contribution in [2.24, 2.45) is 0 Å². The summed E-state index contributed by atoms with van der Waals surface area (Å²) >= 11 is 0. The Hall–Kier alpha value is -2.83. The number of alkyl halides is 3. The second-order valence-corrected chi connectivity index (χ2v) is 5.90. The molecule has 130 valence electrons. The molecule has 2 aromatic heterocycles. The predicted molar refractivity (Wildman–Crippen MR) is 88.9 cm³/mol. The molecule has 0 N–H and O–H groups in total. The van der Waals surface area contributed by atoms with E-state index in [4.69, 9.17) is 0 Å². The summed E-state index contributed by atoms with van der Waals surface area (Å²) < 4.78 is 41.4. The number of carbonyl (C=O) groups excluding carboxylic acids is 1. The fourth-order valence-electron chi connectivity index (χ4n) is 2.62. The Kier molecular flexibility index (Phi) is 4.24. The highest BCUT2D eigenvalue weighted by Crippen LogP contribution is 2.37. The number of amides is 1. The van der Waals surface area contributed by atoms with Crippen LogP contribution in [0.15, 0.2) is 48.8 Å². The number of nitrogens with zero attached hydrogens (tertiary/aromatic N) is 3. The lowest BCUT2D eigenvalue weighted by Crippen LogP contribution is -2.25. The van der Waals surface area contributed by atoms with Crippen LogP contribution in [0.4, 0.5) is 13.2 Å². The quantitative estimate of drug-likeness (QED) is 0.723. The van der Waals surface area contributed by atoms with E-state index in [1.54, 1.807) is 43.1 Å². The summed E-state index contributed by atoms with van der Waals surface area (Å²) in [6, 6.07) is 8.76. The maximum absolute atomic E-state index is 13.3. The Morgan fingerprint density at radius 2 is 1.92 bits per heavy atom. The largest absolute Gasteiger partial charge is 0.417 e. The minimum Gasteiger partial charge on any atom is -0.347 e. The average molecular weight is 347 g/mol. The Bertz CT molecular complexity index is 929. The van der Waals surface area contributed by atoms with Gasteiger partial charge in [-0.15, -0.1) is 0 Å². The number of fused-ring (bicyclic) bond motifs is 1. The monoisotopic (exact) mass is 347 g/mol. The second-order valence-electron chi connectivity index (χ2n) is 5.90. The molecule has 0 aliphatic rings. The maximum Gasteiger partial charge on any atom is 0.417 e. The third kappa shape index (κ3) is 3.35. The highest BCUT2D eigenvalue weighted by molar-refractivity contribution is 5.84. The lowest BCUT2D eigenvalue weighted by Gasteiger charge is -2.14. The standard InChI is InChI=1S/C18H16F3N3O/c1-23(2)17(25)11-24-8-7-15-16(24)9-12(10-22-15)13-5-3-4-6-14(13)18(19,20)21/h3-10H,11H2,1-2H3. The average Bonchev–Trinajstić information content (AvgIpc) is 2.96. The lowest BCUT2D eigenvalue weighted by atomic mass is 10.0. The van der Waals surface area contributed by atoms with E-state index in [9.17, 15) is 18.0 Å². The van der Waals surface area contributed by atoms with E-state index in [0.717, 1.165) is 6.07 Å². The molecule has 1 aromatic carbocycles. The van der Waals surface area contributed by atoms with E-state index < -0.39 is 11.7 Å². The molecule has 0 bridgehead atoms. The SMILES string of the molecule is CN(C)C(=O)Cn1ccc2ncc(-c3ccccc3C(F)(F)F)cc21. The van der Waals surface area contributed by atoms with Crippen LogP contribution in [0.5, 0.6) is 0 Å². The molecule has 2 heterocycles. The molecule has 0 atom stereocenters. The number of rotatable bonds is 3. The molecule has 3 rings (SSSR count). The molecule has 7 heteroatoms. The molecule has 0 radical (unpaired) electrons. The first-order valence-corrected chi connectivity index (χ1v) is 7.59. The van der Waals surface area contributed by atoms with Gasteiger partial charge in [0.05, 0.1) is 16.6 Å². The summed E-state index contributed by atoms with van der Waals surface area (Å²) in [6.07, 6.45) is -1.32. The molecule has 25 heavy (non-hydrogen) atoms. The first-order chi connectivity index (χ1) is 11.8. The van der Waals surface area contributed by atoms with Crippen LogP contribution >= 0.6 is 0 Å². The van der Waals surface area contributed by atoms with Crippen molar-refractivity contribution < 1.29 is 18.0 Å². The van der Waals surface area contributed by atoms with Gasteiger partial charge >= 0.3 is 6.18 Å². The van der Waals surface area contributed by atoms with Crippen molar-refractivity contribution in [1.82, 2.24) is 14.5 Å². The van der Waals surface area contributed by atoms with Crippen molar-refractivity contribution in [1.29, 1.82) is 0 Å². The van der Waals surface area contributed by atoms with Gasteiger partial charge in [0, 0.05) is 32.1 Å². The molecular weight excluding hydrogens is 331 g/mol. The van der Waals surface area contributed by atoms with Gasteiger partial charge in [0.2, 0.25) is 5.91 Å². The topological polar surface area (TPSA) is 38.1 Å². The van der Waals surface area contributed by atoms with Gasteiger partial charge < -0.3 is 9.47 Å². The Morgan fingerprint density at radius 1 is 1.20 bits per heavy atom. The number of aromatic nitrogens is 2. The van der Waals surface area contributed by atoms with Gasteiger partial charge in [-0.2, -0.15) is 13.2 Å². The van der Waals surface area contributed by atoms with Gasteiger partial charge in [-0.3, -0.25) is 9.78 Å². The van der Waals surface area contributed by atoms with Crippen LogP contribution < -0.4 is 0 Å². The zero-order valence-corrected chi connectivity index (χ0v) is 13.7. The van der Waals surface area contributed by atoms with Crippen molar-refractivity contribution in [3.8, 4) is 11.1 Å². The van der Waals surface area contributed by atoms with Crippen molar-refractivity contribution in [3.05, 3.63) is 54.4 Å². The minimum absolute atomic E-state index is 0.0658. The van der Waals surface area contributed by atoms with E-state index in [1.165, 1.54) is 23.2 Å². The first kappa shape index (κ1) is 17.0. The van der Waals surface area contributed by atoms with Crippen LogP contribution in [0.25, 0.3) is 22.2 Å². The molecule has 0 saturated carbocycles. The molecule has 0 saturated heterocycles. The lowest BCUT2D eigenvalue weighted by molar-refractivity contribution is -0.137. The van der Waals surface area contributed by atoms with Gasteiger partial charge in [-0.05, 0) is 23.8 Å². The normalized spacial score (nSPS) is 11.7. The number of halogens is 3. The van der Waals surface area contributed by atoms with E-state index in [1.807, 2.05) is 0 Å². The van der Waals surface area contributed by atoms with Crippen LogP contribution in [0, 0.1) is 0 Å². The predicted octanol–water partition coefficient (Wildman–Crippen LogP) is 3.81. The molecule has 0 fully saturated rings. The second kappa shape index (κ2) is 6.23. The summed E-state index contributed by atoms with van der Waals surface area (Å²) in [5.41, 5.74) is 0.955. The summed E-state index contributed by atoms with van der Waals surface area (Å²) in [5.74, 6) is -0.112. The van der Waals surface area contributed by atoms with Crippen molar-refractivity contribution in [2.75, 3.05) is 14.1 Å². The highest BCUT2D eigenvalue weighted by Gasteiger charge is 2.33. The number of likely N-dealkylation sites (N-methyl/N-ethyl adjacent to an activating group) is 1. The Balaban J connectivity index is 2.09. The minimum atomic E-state index is -4.45. The highest BCUT2D eigenvalue weighted by atomic mass is 19.4.